The quantitative estimate of drug-likeness (QED) is 0.888. The molecule has 0 amide bonds. The minimum Gasteiger partial charge on any atom is -0.468 e. The van der Waals surface area contributed by atoms with Crippen molar-refractivity contribution < 1.29 is 17.6 Å². The molecule has 2 rings (SSSR count). The minimum absolute atomic E-state index is 0.187. The highest BCUT2D eigenvalue weighted by atomic mass is 19.4. The Kier molecular flexibility index (Phi) is 4.00. The number of hydrogen-bond donors (Lipinski definition) is 1. The lowest BCUT2D eigenvalue weighted by Gasteiger charge is -2.35. The van der Waals surface area contributed by atoms with Gasteiger partial charge in [0, 0.05) is 6.04 Å². The van der Waals surface area contributed by atoms with Crippen LogP contribution in [-0.2, 0) is 0 Å². The van der Waals surface area contributed by atoms with Gasteiger partial charge in [-0.3, -0.25) is 0 Å². The lowest BCUT2D eigenvalue weighted by atomic mass is 9.83. The average molecular weight is 261 g/mol. The van der Waals surface area contributed by atoms with E-state index in [2.05, 4.69) is 5.32 Å². The molecular weight excluding hydrogens is 243 g/mol. The molecule has 102 valence electrons. The lowest BCUT2D eigenvalue weighted by molar-refractivity contribution is -0.189. The number of alkyl halides is 3. The molecule has 0 spiro atoms. The molecule has 1 aliphatic rings. The van der Waals surface area contributed by atoms with Crippen LogP contribution in [0.2, 0.25) is 0 Å². The van der Waals surface area contributed by atoms with Gasteiger partial charge in [-0.05, 0) is 31.9 Å². The molecule has 2 nitrogen and oxygen atoms in total. The Morgan fingerprint density at radius 2 is 2.06 bits per heavy atom. The van der Waals surface area contributed by atoms with Crippen LogP contribution in [0.4, 0.5) is 13.2 Å². The van der Waals surface area contributed by atoms with Crippen molar-refractivity contribution in [1.29, 1.82) is 0 Å². The first-order valence-electron chi connectivity index (χ1n) is 6.34. The topological polar surface area (TPSA) is 25.2 Å². The van der Waals surface area contributed by atoms with Crippen molar-refractivity contribution in [1.82, 2.24) is 5.32 Å². The molecule has 1 saturated carbocycles. The third kappa shape index (κ3) is 3.07. The van der Waals surface area contributed by atoms with Crippen LogP contribution in [0.5, 0.6) is 0 Å². The summed E-state index contributed by atoms with van der Waals surface area (Å²) in [6.45, 7) is 1.83. The zero-order chi connectivity index (χ0) is 13.2. The summed E-state index contributed by atoms with van der Waals surface area (Å²) in [4.78, 5) is 0. The SMILES string of the molecule is C[C@@H](NC1CCCCC1C(F)(F)F)c1ccco1. The Labute approximate surface area is 105 Å². The predicted molar refractivity (Wildman–Crippen MR) is 62.1 cm³/mol. The van der Waals surface area contributed by atoms with E-state index in [1.165, 1.54) is 6.26 Å². The largest absolute Gasteiger partial charge is 0.468 e. The third-order valence-corrected chi connectivity index (χ3v) is 3.62. The highest BCUT2D eigenvalue weighted by Gasteiger charge is 2.45. The molecule has 1 N–H and O–H groups in total. The Morgan fingerprint density at radius 1 is 1.33 bits per heavy atom. The molecule has 18 heavy (non-hydrogen) atoms. The molecule has 0 radical (unpaired) electrons. The van der Waals surface area contributed by atoms with Gasteiger partial charge in [0.25, 0.3) is 0 Å². The molecule has 1 aliphatic carbocycles. The van der Waals surface area contributed by atoms with Crippen molar-refractivity contribution in [3.05, 3.63) is 24.2 Å². The minimum atomic E-state index is -4.11. The van der Waals surface area contributed by atoms with E-state index in [9.17, 15) is 13.2 Å². The van der Waals surface area contributed by atoms with Crippen molar-refractivity contribution in [3.63, 3.8) is 0 Å². The summed E-state index contributed by atoms with van der Waals surface area (Å²) in [7, 11) is 0. The van der Waals surface area contributed by atoms with Crippen LogP contribution in [0.15, 0.2) is 22.8 Å². The van der Waals surface area contributed by atoms with Gasteiger partial charge in [-0.1, -0.05) is 12.8 Å². The second-order valence-electron chi connectivity index (χ2n) is 4.94. The second kappa shape index (κ2) is 5.34. The first kappa shape index (κ1) is 13.5. The Balaban J connectivity index is 2.01. The van der Waals surface area contributed by atoms with Gasteiger partial charge in [-0.2, -0.15) is 13.2 Å². The standard InChI is InChI=1S/C13H18F3NO/c1-9(12-7-4-8-18-12)17-11-6-3-2-5-10(11)13(14,15)16/h4,7-11,17H,2-3,5-6H2,1H3/t9-,10?,11?/m1/s1. The monoisotopic (exact) mass is 261 g/mol. The van der Waals surface area contributed by atoms with Crippen LogP contribution in [0.25, 0.3) is 0 Å². The lowest BCUT2D eigenvalue weighted by Crippen LogP contribution is -2.46. The van der Waals surface area contributed by atoms with Crippen LogP contribution in [0.1, 0.15) is 44.4 Å². The Hall–Kier alpha value is -0.970. The maximum atomic E-state index is 12.9. The molecule has 1 fully saturated rings. The Morgan fingerprint density at radius 3 is 2.67 bits per heavy atom. The molecule has 0 saturated heterocycles. The zero-order valence-corrected chi connectivity index (χ0v) is 10.3. The molecule has 0 aliphatic heterocycles. The highest BCUT2D eigenvalue weighted by Crippen LogP contribution is 2.38. The summed E-state index contributed by atoms with van der Waals surface area (Å²) in [5.41, 5.74) is 0. The summed E-state index contributed by atoms with van der Waals surface area (Å²) >= 11 is 0. The van der Waals surface area contributed by atoms with E-state index in [4.69, 9.17) is 4.42 Å². The fourth-order valence-electron chi connectivity index (χ4n) is 2.66. The summed E-state index contributed by atoms with van der Waals surface area (Å²) in [5.74, 6) is -0.551. The summed E-state index contributed by atoms with van der Waals surface area (Å²) in [5, 5.41) is 3.06. The first-order chi connectivity index (χ1) is 8.48. The van der Waals surface area contributed by atoms with E-state index >= 15 is 0 Å². The normalized spacial score (nSPS) is 27.1. The van der Waals surface area contributed by atoms with Crippen molar-refractivity contribution in [3.8, 4) is 0 Å². The van der Waals surface area contributed by atoms with Gasteiger partial charge in [0.2, 0.25) is 0 Å². The van der Waals surface area contributed by atoms with Crippen LogP contribution >= 0.6 is 0 Å². The van der Waals surface area contributed by atoms with Crippen molar-refractivity contribution >= 4 is 0 Å². The van der Waals surface area contributed by atoms with E-state index in [0.29, 0.717) is 18.6 Å². The molecule has 2 unspecified atom stereocenters. The van der Waals surface area contributed by atoms with E-state index in [-0.39, 0.29) is 12.5 Å². The number of rotatable bonds is 3. The van der Waals surface area contributed by atoms with Gasteiger partial charge in [0.15, 0.2) is 0 Å². The van der Waals surface area contributed by atoms with Crippen LogP contribution < -0.4 is 5.32 Å². The summed E-state index contributed by atoms with van der Waals surface area (Å²) in [6, 6.07) is 2.84. The van der Waals surface area contributed by atoms with Gasteiger partial charge in [-0.25, -0.2) is 0 Å². The zero-order valence-electron chi connectivity index (χ0n) is 10.3. The third-order valence-electron chi connectivity index (χ3n) is 3.62. The maximum Gasteiger partial charge on any atom is 0.393 e. The molecule has 3 atom stereocenters. The predicted octanol–water partition coefficient (Wildman–Crippen LogP) is 4.05. The van der Waals surface area contributed by atoms with E-state index in [1.54, 1.807) is 12.1 Å². The fourth-order valence-corrected chi connectivity index (χ4v) is 2.66. The number of nitrogens with one attached hydrogen (secondary N) is 1. The first-order valence-corrected chi connectivity index (χ1v) is 6.34. The van der Waals surface area contributed by atoms with E-state index < -0.39 is 18.1 Å². The van der Waals surface area contributed by atoms with Crippen molar-refractivity contribution in [2.45, 2.75) is 50.9 Å². The summed E-state index contributed by atoms with van der Waals surface area (Å²) < 4.78 is 44.0. The smallest absolute Gasteiger partial charge is 0.393 e. The number of furan rings is 1. The van der Waals surface area contributed by atoms with Crippen LogP contribution in [-0.4, -0.2) is 12.2 Å². The molecule has 1 heterocycles. The number of halogens is 3. The molecule has 1 aromatic rings. The fraction of sp³-hybridized carbons (Fsp3) is 0.692. The second-order valence-corrected chi connectivity index (χ2v) is 4.94. The highest BCUT2D eigenvalue weighted by molar-refractivity contribution is 5.04. The summed E-state index contributed by atoms with van der Waals surface area (Å²) in [6.07, 6.45) is -0.246. The Bertz CT molecular complexity index is 361. The molecule has 1 aromatic heterocycles. The maximum absolute atomic E-state index is 12.9. The van der Waals surface area contributed by atoms with Gasteiger partial charge in [0.05, 0.1) is 18.2 Å². The molecular formula is C13H18F3NO. The molecule has 5 heteroatoms. The van der Waals surface area contributed by atoms with Gasteiger partial charge in [0.1, 0.15) is 5.76 Å². The van der Waals surface area contributed by atoms with Gasteiger partial charge < -0.3 is 9.73 Å². The van der Waals surface area contributed by atoms with Gasteiger partial charge in [-0.15, -0.1) is 0 Å². The molecule has 0 bridgehead atoms. The van der Waals surface area contributed by atoms with Crippen molar-refractivity contribution in [2.75, 3.05) is 0 Å². The molecule has 0 aromatic carbocycles. The van der Waals surface area contributed by atoms with Crippen molar-refractivity contribution in [2.24, 2.45) is 5.92 Å². The van der Waals surface area contributed by atoms with Gasteiger partial charge >= 0.3 is 6.18 Å². The van der Waals surface area contributed by atoms with E-state index in [0.717, 1.165) is 6.42 Å². The number of hydrogen-bond acceptors (Lipinski definition) is 2. The van der Waals surface area contributed by atoms with E-state index in [1.807, 2.05) is 6.92 Å². The van der Waals surface area contributed by atoms with Crippen LogP contribution in [0.3, 0.4) is 0 Å². The average Bonchev–Trinajstić information content (AvgIpc) is 2.81. The van der Waals surface area contributed by atoms with Crippen LogP contribution in [0, 0.1) is 5.92 Å².